The van der Waals surface area contributed by atoms with E-state index in [1.54, 1.807) is 0 Å². The number of carbonyl (C=O) groups is 2. The zero-order chi connectivity index (χ0) is 13.1. The molecule has 1 aromatic heterocycles. The van der Waals surface area contributed by atoms with Crippen molar-refractivity contribution in [3.63, 3.8) is 0 Å². The van der Waals surface area contributed by atoms with Crippen molar-refractivity contribution >= 4 is 17.7 Å². The Bertz CT molecular complexity index is 481. The number of rotatable bonds is 3. The smallest absolute Gasteiger partial charge is 0.339 e. The molecule has 1 aliphatic heterocycles. The Hall–Kier alpha value is -2.11. The summed E-state index contributed by atoms with van der Waals surface area (Å²) >= 11 is 0. The lowest BCUT2D eigenvalue weighted by Gasteiger charge is -2.28. The predicted molar refractivity (Wildman–Crippen MR) is 65.8 cm³/mol. The van der Waals surface area contributed by atoms with E-state index in [9.17, 15) is 9.59 Å². The molecule has 0 radical (unpaired) electrons. The van der Waals surface area contributed by atoms with Gasteiger partial charge in [0.2, 0.25) is 0 Å². The fraction of sp³-hybridized carbons (Fsp3) is 0.417. The van der Waals surface area contributed by atoms with Gasteiger partial charge in [-0.05, 0) is 31.4 Å². The average molecular weight is 249 g/mol. The molecule has 0 spiro atoms. The van der Waals surface area contributed by atoms with E-state index in [-0.39, 0.29) is 11.3 Å². The third-order valence-electron chi connectivity index (χ3n) is 3.01. The molecule has 0 bridgehead atoms. The van der Waals surface area contributed by atoms with Crippen molar-refractivity contribution in [3.05, 3.63) is 23.4 Å². The quantitative estimate of drug-likeness (QED) is 0.828. The molecule has 0 aromatic carbocycles. The number of aromatic nitrogens is 1. The number of amides is 1. The van der Waals surface area contributed by atoms with E-state index in [1.165, 1.54) is 12.1 Å². The van der Waals surface area contributed by atoms with E-state index in [0.29, 0.717) is 5.82 Å². The third kappa shape index (κ3) is 2.42. The van der Waals surface area contributed by atoms with Crippen molar-refractivity contribution in [3.8, 4) is 0 Å². The number of carboxylic acid groups (broad SMARTS) is 1. The van der Waals surface area contributed by atoms with Crippen LogP contribution in [0.4, 0.5) is 5.82 Å². The van der Waals surface area contributed by atoms with Crippen LogP contribution in [0.15, 0.2) is 12.1 Å². The number of nitrogens with two attached hydrogens (primary N) is 1. The van der Waals surface area contributed by atoms with Crippen LogP contribution in [0.2, 0.25) is 0 Å². The number of nitrogens with zero attached hydrogens (tertiary/aromatic N) is 2. The van der Waals surface area contributed by atoms with Gasteiger partial charge in [0.1, 0.15) is 17.1 Å². The van der Waals surface area contributed by atoms with Crippen LogP contribution in [-0.4, -0.2) is 35.1 Å². The topological polar surface area (TPSA) is 96.5 Å². The number of hydrogen-bond acceptors (Lipinski definition) is 4. The summed E-state index contributed by atoms with van der Waals surface area (Å²) in [5, 5.41) is 9.14. The molecule has 96 valence electrons. The monoisotopic (exact) mass is 249 g/mol. The highest BCUT2D eigenvalue weighted by Crippen LogP contribution is 2.22. The van der Waals surface area contributed by atoms with E-state index in [1.807, 2.05) is 4.90 Å². The molecule has 1 amide bonds. The first-order valence-electron chi connectivity index (χ1n) is 5.88. The first-order valence-corrected chi connectivity index (χ1v) is 5.88. The fourth-order valence-electron chi connectivity index (χ4n) is 2.10. The van der Waals surface area contributed by atoms with Crippen molar-refractivity contribution in [2.75, 3.05) is 18.0 Å². The number of aromatic carboxylic acids is 1. The van der Waals surface area contributed by atoms with E-state index in [4.69, 9.17) is 10.8 Å². The maximum atomic E-state index is 11.2. The molecule has 2 rings (SSSR count). The summed E-state index contributed by atoms with van der Waals surface area (Å²) in [6.07, 6.45) is 3.14. The molecular formula is C12H15N3O3. The molecule has 1 aromatic rings. The minimum atomic E-state index is -1.04. The normalized spacial score (nSPS) is 15.4. The van der Waals surface area contributed by atoms with Crippen LogP contribution in [0.25, 0.3) is 0 Å². The Balaban J connectivity index is 2.42. The predicted octanol–water partition coefficient (Wildman–Crippen LogP) is 0.869. The zero-order valence-electron chi connectivity index (χ0n) is 9.93. The molecule has 1 fully saturated rings. The minimum Gasteiger partial charge on any atom is -0.478 e. The first-order chi connectivity index (χ1) is 8.59. The Morgan fingerprint density at radius 2 is 1.89 bits per heavy atom. The number of carbonyl (C=O) groups excluding carboxylic acids is 1. The average Bonchev–Trinajstić information content (AvgIpc) is 2.39. The molecule has 1 aliphatic rings. The Morgan fingerprint density at radius 1 is 1.22 bits per heavy atom. The maximum absolute atomic E-state index is 11.2. The molecule has 0 saturated carbocycles. The van der Waals surface area contributed by atoms with Crippen molar-refractivity contribution in [1.29, 1.82) is 0 Å². The lowest BCUT2D eigenvalue weighted by molar-refractivity contribution is 0.0696. The summed E-state index contributed by atoms with van der Waals surface area (Å²) in [6, 6.07) is 2.73. The van der Waals surface area contributed by atoms with Crippen LogP contribution in [0, 0.1) is 0 Å². The van der Waals surface area contributed by atoms with Gasteiger partial charge < -0.3 is 15.7 Å². The Kier molecular flexibility index (Phi) is 3.45. The second-order valence-corrected chi connectivity index (χ2v) is 4.28. The fourth-order valence-corrected chi connectivity index (χ4v) is 2.10. The molecule has 0 unspecified atom stereocenters. The first kappa shape index (κ1) is 12.3. The highest BCUT2D eigenvalue weighted by Gasteiger charge is 2.21. The number of primary amides is 1. The van der Waals surface area contributed by atoms with E-state index in [0.717, 1.165) is 32.4 Å². The SMILES string of the molecule is NC(=O)c1ccc(C(=O)O)c(N2CCCCC2)n1. The Labute approximate surface area is 104 Å². The van der Waals surface area contributed by atoms with Crippen molar-refractivity contribution in [2.45, 2.75) is 19.3 Å². The molecule has 18 heavy (non-hydrogen) atoms. The maximum Gasteiger partial charge on any atom is 0.339 e. The van der Waals surface area contributed by atoms with E-state index in [2.05, 4.69) is 4.98 Å². The van der Waals surface area contributed by atoms with Crippen LogP contribution in [-0.2, 0) is 0 Å². The van der Waals surface area contributed by atoms with Gasteiger partial charge in [-0.25, -0.2) is 9.78 Å². The van der Waals surface area contributed by atoms with Crippen LogP contribution in [0.5, 0.6) is 0 Å². The molecular weight excluding hydrogens is 234 g/mol. The van der Waals surface area contributed by atoms with Gasteiger partial charge >= 0.3 is 5.97 Å². The molecule has 3 N–H and O–H groups in total. The second-order valence-electron chi connectivity index (χ2n) is 4.28. The zero-order valence-corrected chi connectivity index (χ0v) is 9.93. The largest absolute Gasteiger partial charge is 0.478 e. The molecule has 6 heteroatoms. The number of carboxylic acids is 1. The lowest BCUT2D eigenvalue weighted by atomic mass is 10.1. The van der Waals surface area contributed by atoms with Gasteiger partial charge in [0.05, 0.1) is 0 Å². The van der Waals surface area contributed by atoms with Crippen LogP contribution < -0.4 is 10.6 Å². The van der Waals surface area contributed by atoms with E-state index < -0.39 is 11.9 Å². The third-order valence-corrected chi connectivity index (χ3v) is 3.01. The van der Waals surface area contributed by atoms with Gasteiger partial charge in [0.25, 0.3) is 5.91 Å². The van der Waals surface area contributed by atoms with Crippen molar-refractivity contribution < 1.29 is 14.7 Å². The van der Waals surface area contributed by atoms with Gasteiger partial charge in [0.15, 0.2) is 0 Å². The van der Waals surface area contributed by atoms with Gasteiger partial charge in [-0.1, -0.05) is 0 Å². The second kappa shape index (κ2) is 5.03. The van der Waals surface area contributed by atoms with Crippen LogP contribution in [0.3, 0.4) is 0 Å². The highest BCUT2D eigenvalue weighted by molar-refractivity contribution is 5.96. The molecule has 0 atom stereocenters. The van der Waals surface area contributed by atoms with Gasteiger partial charge in [-0.15, -0.1) is 0 Å². The minimum absolute atomic E-state index is 0.0978. The summed E-state index contributed by atoms with van der Waals surface area (Å²) in [5.74, 6) is -1.34. The molecule has 6 nitrogen and oxygen atoms in total. The summed E-state index contributed by atoms with van der Waals surface area (Å²) in [5.41, 5.74) is 5.38. The standard InChI is InChI=1S/C12H15N3O3/c13-10(16)9-5-4-8(12(17)18)11(14-9)15-6-2-1-3-7-15/h4-5H,1-3,6-7H2,(H2,13,16)(H,17,18). The van der Waals surface area contributed by atoms with Gasteiger partial charge in [-0.3, -0.25) is 4.79 Å². The number of hydrogen-bond donors (Lipinski definition) is 2. The number of pyridine rings is 1. The lowest BCUT2D eigenvalue weighted by Crippen LogP contribution is -2.32. The highest BCUT2D eigenvalue weighted by atomic mass is 16.4. The summed E-state index contributed by atoms with van der Waals surface area (Å²) < 4.78 is 0. The molecule has 1 saturated heterocycles. The van der Waals surface area contributed by atoms with Crippen LogP contribution in [0.1, 0.15) is 40.1 Å². The van der Waals surface area contributed by atoms with Crippen molar-refractivity contribution in [1.82, 2.24) is 4.98 Å². The number of piperidine rings is 1. The molecule has 2 heterocycles. The van der Waals surface area contributed by atoms with Crippen molar-refractivity contribution in [2.24, 2.45) is 5.73 Å². The molecule has 0 aliphatic carbocycles. The van der Waals surface area contributed by atoms with Gasteiger partial charge in [0, 0.05) is 13.1 Å². The van der Waals surface area contributed by atoms with Crippen LogP contribution >= 0.6 is 0 Å². The summed E-state index contributed by atoms with van der Waals surface area (Å²) in [6.45, 7) is 1.52. The summed E-state index contributed by atoms with van der Waals surface area (Å²) in [7, 11) is 0. The van der Waals surface area contributed by atoms with Gasteiger partial charge in [-0.2, -0.15) is 0 Å². The van der Waals surface area contributed by atoms with E-state index >= 15 is 0 Å². The summed E-state index contributed by atoms with van der Waals surface area (Å²) in [4.78, 5) is 28.3. The number of anilines is 1. The Morgan fingerprint density at radius 3 is 2.44 bits per heavy atom.